The summed E-state index contributed by atoms with van der Waals surface area (Å²) in [6.07, 6.45) is 15.9. The number of ether oxygens (including phenoxy) is 1. The molecule has 1 atom stereocenters. The molecular weight excluding hydrogens is 334 g/mol. The van der Waals surface area contributed by atoms with Gasteiger partial charge in [-0.25, -0.2) is 0 Å². The Morgan fingerprint density at radius 3 is 2.26 bits per heavy atom. The van der Waals surface area contributed by atoms with Crippen LogP contribution in [0.1, 0.15) is 85.5 Å². The molecule has 2 fully saturated rings. The zero-order valence-corrected chi connectivity index (χ0v) is 18.2. The fraction of sp³-hybridized carbons (Fsp3) is 0.833. The highest BCUT2D eigenvalue weighted by Gasteiger charge is 2.59. The van der Waals surface area contributed by atoms with Gasteiger partial charge in [0.1, 0.15) is 5.60 Å². The van der Waals surface area contributed by atoms with E-state index in [4.69, 9.17) is 9.57 Å². The lowest BCUT2D eigenvalue weighted by Crippen LogP contribution is -2.63. The summed E-state index contributed by atoms with van der Waals surface area (Å²) in [5.74, 6) is 0. The van der Waals surface area contributed by atoms with Crippen LogP contribution in [-0.2, 0) is 9.57 Å². The summed E-state index contributed by atoms with van der Waals surface area (Å²) in [5.41, 5.74) is 0.894. The van der Waals surface area contributed by atoms with E-state index in [0.29, 0.717) is 12.7 Å². The van der Waals surface area contributed by atoms with E-state index < -0.39 is 0 Å². The molecule has 1 aliphatic heterocycles. The zero-order chi connectivity index (χ0) is 19.5. The van der Waals surface area contributed by atoms with Crippen molar-refractivity contribution in [2.24, 2.45) is 10.8 Å². The van der Waals surface area contributed by atoms with Gasteiger partial charge in [0, 0.05) is 23.9 Å². The second kappa shape index (κ2) is 8.39. The predicted molar refractivity (Wildman–Crippen MR) is 113 cm³/mol. The van der Waals surface area contributed by atoms with Crippen molar-refractivity contribution in [3.63, 3.8) is 0 Å². The molecule has 27 heavy (non-hydrogen) atoms. The van der Waals surface area contributed by atoms with E-state index in [1.54, 1.807) is 0 Å². The number of nitrogens with zero attached hydrogens (tertiary/aromatic N) is 1. The molecule has 0 bridgehead atoms. The number of hydrogen-bond donors (Lipinski definition) is 0. The lowest BCUT2D eigenvalue weighted by molar-refractivity contribution is -0.285. The fourth-order valence-electron chi connectivity index (χ4n) is 5.66. The third-order valence-electron chi connectivity index (χ3n) is 7.27. The molecule has 1 heterocycles. The molecule has 0 spiro atoms. The molecule has 154 valence electrons. The third kappa shape index (κ3) is 4.36. The molecule has 1 saturated carbocycles. The van der Waals surface area contributed by atoms with Crippen molar-refractivity contribution in [2.75, 3.05) is 19.7 Å². The van der Waals surface area contributed by atoms with Crippen LogP contribution in [0.4, 0.5) is 0 Å². The maximum absolute atomic E-state index is 7.10. The van der Waals surface area contributed by atoms with Crippen molar-refractivity contribution < 1.29 is 9.57 Å². The Morgan fingerprint density at radius 1 is 1.04 bits per heavy atom. The van der Waals surface area contributed by atoms with Crippen LogP contribution >= 0.6 is 0 Å². The van der Waals surface area contributed by atoms with Gasteiger partial charge < -0.3 is 4.74 Å². The van der Waals surface area contributed by atoms with E-state index in [-0.39, 0.29) is 16.4 Å². The Morgan fingerprint density at radius 2 is 1.67 bits per heavy atom. The molecule has 0 aromatic rings. The average molecular weight is 376 g/mol. The van der Waals surface area contributed by atoms with Gasteiger partial charge in [-0.05, 0) is 32.1 Å². The second-order valence-corrected chi connectivity index (χ2v) is 10.2. The lowest BCUT2D eigenvalue weighted by Gasteiger charge is -2.58. The molecule has 0 N–H and O–H groups in total. The normalized spacial score (nSPS) is 32.1. The Hall–Kier alpha value is -0.640. The topological polar surface area (TPSA) is 21.7 Å². The van der Waals surface area contributed by atoms with Crippen LogP contribution < -0.4 is 0 Å². The van der Waals surface area contributed by atoms with Crippen LogP contribution in [0.25, 0.3) is 0 Å². The lowest BCUT2D eigenvalue weighted by atomic mass is 9.55. The Kier molecular flexibility index (Phi) is 6.55. The quantitative estimate of drug-likeness (QED) is 0.563. The second-order valence-electron chi connectivity index (χ2n) is 10.2. The first-order chi connectivity index (χ1) is 12.8. The van der Waals surface area contributed by atoms with Gasteiger partial charge in [0.25, 0.3) is 0 Å². The van der Waals surface area contributed by atoms with Crippen LogP contribution in [0.5, 0.6) is 0 Å². The average Bonchev–Trinajstić information content (AvgIpc) is 2.64. The number of hydroxylamine groups is 2. The van der Waals surface area contributed by atoms with Crippen molar-refractivity contribution >= 4 is 0 Å². The zero-order valence-electron chi connectivity index (χ0n) is 18.2. The summed E-state index contributed by atoms with van der Waals surface area (Å²) in [6.45, 7) is 16.2. The number of allylic oxidation sites excluding steroid dienone is 2. The summed E-state index contributed by atoms with van der Waals surface area (Å²) in [5, 5.41) is 2.19. The number of rotatable bonds is 6. The van der Waals surface area contributed by atoms with E-state index in [9.17, 15) is 0 Å². The first-order valence-electron chi connectivity index (χ1n) is 11.2. The van der Waals surface area contributed by atoms with Gasteiger partial charge in [-0.2, -0.15) is 5.06 Å². The fourth-order valence-corrected chi connectivity index (χ4v) is 5.66. The maximum atomic E-state index is 7.10. The van der Waals surface area contributed by atoms with E-state index in [1.165, 1.54) is 56.9 Å². The Balaban J connectivity index is 1.89. The molecular formula is C24H41NO2. The van der Waals surface area contributed by atoms with Crippen molar-refractivity contribution in [3.8, 4) is 0 Å². The van der Waals surface area contributed by atoms with Crippen molar-refractivity contribution in [1.82, 2.24) is 5.06 Å². The minimum atomic E-state index is -0.327. The first-order valence-corrected chi connectivity index (χ1v) is 11.2. The van der Waals surface area contributed by atoms with Crippen LogP contribution in [0.3, 0.4) is 0 Å². The highest BCUT2D eigenvalue weighted by molar-refractivity contribution is 5.30. The van der Waals surface area contributed by atoms with Crippen molar-refractivity contribution in [3.05, 3.63) is 24.3 Å². The number of piperidine rings is 1. The molecule has 2 aliphatic carbocycles. The highest BCUT2D eigenvalue weighted by Crippen LogP contribution is 2.56. The molecule has 0 aromatic heterocycles. The predicted octanol–water partition coefficient (Wildman–Crippen LogP) is 6.06. The standard InChI is InChI=1S/C24H41NO2/c1-6-20-17-22(2,3)24(23(4,5)18-20,27-21-13-9-7-10-14-21)19-26-25-15-11-8-12-16-25/h6,17,21H,1,7-16,18-19H2,2-5H3. The smallest absolute Gasteiger partial charge is 0.108 e. The summed E-state index contributed by atoms with van der Waals surface area (Å²) >= 11 is 0. The Labute approximate surface area is 167 Å². The summed E-state index contributed by atoms with van der Waals surface area (Å²) < 4.78 is 7.10. The van der Waals surface area contributed by atoms with E-state index >= 15 is 0 Å². The van der Waals surface area contributed by atoms with Crippen LogP contribution in [0.2, 0.25) is 0 Å². The molecule has 3 aliphatic rings. The van der Waals surface area contributed by atoms with Crippen molar-refractivity contribution in [2.45, 2.75) is 97.2 Å². The summed E-state index contributed by atoms with van der Waals surface area (Å²) in [7, 11) is 0. The van der Waals surface area contributed by atoms with Gasteiger partial charge >= 0.3 is 0 Å². The first kappa shape index (κ1) is 21.1. The molecule has 3 rings (SSSR count). The van der Waals surface area contributed by atoms with Gasteiger partial charge in [0.05, 0.1) is 12.7 Å². The van der Waals surface area contributed by atoms with Gasteiger partial charge in [-0.1, -0.05) is 77.7 Å². The van der Waals surface area contributed by atoms with Gasteiger partial charge in [0.15, 0.2) is 0 Å². The summed E-state index contributed by atoms with van der Waals surface area (Å²) in [4.78, 5) is 6.46. The molecule has 0 radical (unpaired) electrons. The van der Waals surface area contributed by atoms with E-state index in [1.807, 2.05) is 6.08 Å². The summed E-state index contributed by atoms with van der Waals surface area (Å²) in [6, 6.07) is 0. The van der Waals surface area contributed by atoms with E-state index in [0.717, 1.165) is 19.5 Å². The SMILES string of the molecule is C=CC1=CC(C)(C)C(CON2CCCCC2)(OC2CCCCC2)C(C)(C)C1. The molecule has 1 saturated heterocycles. The maximum Gasteiger partial charge on any atom is 0.108 e. The molecule has 3 heteroatoms. The Bertz CT molecular complexity index is 539. The number of hydrogen-bond acceptors (Lipinski definition) is 3. The molecule has 3 nitrogen and oxygen atoms in total. The van der Waals surface area contributed by atoms with Gasteiger partial charge in [0.2, 0.25) is 0 Å². The van der Waals surface area contributed by atoms with Gasteiger partial charge in [-0.15, -0.1) is 0 Å². The largest absolute Gasteiger partial charge is 0.368 e. The monoisotopic (exact) mass is 375 g/mol. The van der Waals surface area contributed by atoms with Crippen molar-refractivity contribution in [1.29, 1.82) is 0 Å². The van der Waals surface area contributed by atoms with Crippen LogP contribution in [0.15, 0.2) is 24.3 Å². The minimum Gasteiger partial charge on any atom is -0.368 e. The molecule has 0 amide bonds. The highest BCUT2D eigenvalue weighted by atomic mass is 16.7. The third-order valence-corrected chi connectivity index (χ3v) is 7.27. The minimum absolute atomic E-state index is 0.0119. The van der Waals surface area contributed by atoms with Crippen LogP contribution in [0, 0.1) is 10.8 Å². The van der Waals surface area contributed by atoms with E-state index in [2.05, 4.69) is 45.4 Å². The van der Waals surface area contributed by atoms with Gasteiger partial charge in [-0.3, -0.25) is 4.84 Å². The molecule has 0 aromatic carbocycles. The molecule has 1 unspecified atom stereocenters. The van der Waals surface area contributed by atoms with Crippen LogP contribution in [-0.4, -0.2) is 36.5 Å².